The molecular weight excluding hydrogens is 380 g/mol. The van der Waals surface area contributed by atoms with Crippen LogP contribution in [0.25, 0.3) is 0 Å². The number of rotatable bonds is 3. The summed E-state index contributed by atoms with van der Waals surface area (Å²) < 4.78 is 17.6. The molecule has 1 spiro atoms. The highest BCUT2D eigenvalue weighted by molar-refractivity contribution is 6.23. The Morgan fingerprint density at radius 1 is 1.39 bits per heavy atom. The summed E-state index contributed by atoms with van der Waals surface area (Å²) in [6.07, 6.45) is 5.35. The van der Waals surface area contributed by atoms with Crippen molar-refractivity contribution in [1.29, 1.82) is 0 Å². The summed E-state index contributed by atoms with van der Waals surface area (Å²) in [5.41, 5.74) is 1.10. The van der Waals surface area contributed by atoms with Gasteiger partial charge in [0.25, 0.3) is 0 Å². The lowest BCUT2D eigenvalue weighted by atomic mass is 9.45. The third kappa shape index (κ3) is 2.02. The summed E-state index contributed by atoms with van der Waals surface area (Å²) in [7, 11) is 1.68. The van der Waals surface area contributed by atoms with E-state index in [1.54, 1.807) is 7.11 Å². The van der Waals surface area contributed by atoms with Crippen molar-refractivity contribution in [2.24, 2.45) is 11.3 Å². The Morgan fingerprint density at radius 3 is 2.75 bits per heavy atom. The number of ether oxygens (including phenoxy) is 2. The quantitative estimate of drug-likeness (QED) is 0.593. The minimum Gasteiger partial charge on any atom is -0.466 e. The predicted molar refractivity (Wildman–Crippen MR) is 104 cm³/mol. The molecule has 2 saturated heterocycles. The standard InChI is InChI=1S/C22H29ClO5/c1-11(2)22(25)17(23)7-16-20(3)6-5-12-13(9-27-15(12)10-26-4)18(20)14-8-21(16,28-14)19(22)24/h7,9,11,14,17-19,24-25H,5-6,8,10H2,1-4H3. The first-order chi connectivity index (χ1) is 13.2. The van der Waals surface area contributed by atoms with Crippen molar-refractivity contribution in [3.8, 4) is 0 Å². The van der Waals surface area contributed by atoms with Crippen LogP contribution < -0.4 is 0 Å². The maximum absolute atomic E-state index is 11.3. The molecule has 0 aromatic carbocycles. The van der Waals surface area contributed by atoms with Crippen LogP contribution in [0.1, 0.15) is 56.4 Å². The van der Waals surface area contributed by atoms with Crippen LogP contribution >= 0.6 is 11.6 Å². The minimum absolute atomic E-state index is 0.00660. The van der Waals surface area contributed by atoms with E-state index in [-0.39, 0.29) is 23.4 Å². The van der Waals surface area contributed by atoms with E-state index in [9.17, 15) is 10.2 Å². The molecule has 0 amide bonds. The number of furan rings is 1. The highest BCUT2D eigenvalue weighted by Gasteiger charge is 2.73. The van der Waals surface area contributed by atoms with E-state index in [0.717, 1.165) is 24.2 Å². The van der Waals surface area contributed by atoms with Crippen LogP contribution in [-0.4, -0.2) is 46.1 Å². The Bertz CT molecular complexity index is 838. The molecule has 1 aromatic heterocycles. The molecule has 7 atom stereocenters. The molecule has 28 heavy (non-hydrogen) atoms. The van der Waals surface area contributed by atoms with E-state index < -0.39 is 22.7 Å². The molecule has 2 bridgehead atoms. The van der Waals surface area contributed by atoms with Gasteiger partial charge in [-0.1, -0.05) is 26.8 Å². The van der Waals surface area contributed by atoms with Crippen molar-refractivity contribution in [2.45, 2.75) is 81.3 Å². The van der Waals surface area contributed by atoms with Crippen LogP contribution in [0.15, 0.2) is 22.3 Å². The molecule has 3 fully saturated rings. The summed E-state index contributed by atoms with van der Waals surface area (Å²) in [6, 6.07) is 0. The SMILES string of the molecule is COCc1occ2c1CCC1(C)C3=CC(Cl)C(O)(C(C)C)C(O)C34CC(O4)C21. The van der Waals surface area contributed by atoms with Crippen molar-refractivity contribution >= 4 is 11.6 Å². The van der Waals surface area contributed by atoms with Gasteiger partial charge < -0.3 is 24.1 Å². The summed E-state index contributed by atoms with van der Waals surface area (Å²) in [4.78, 5) is 0. The van der Waals surface area contributed by atoms with Crippen molar-refractivity contribution < 1.29 is 24.1 Å². The van der Waals surface area contributed by atoms with Gasteiger partial charge in [-0.2, -0.15) is 0 Å². The van der Waals surface area contributed by atoms with Crippen LogP contribution in [0.5, 0.6) is 0 Å². The van der Waals surface area contributed by atoms with Gasteiger partial charge >= 0.3 is 0 Å². The van der Waals surface area contributed by atoms with Gasteiger partial charge in [0, 0.05) is 30.4 Å². The number of alkyl halides is 1. The van der Waals surface area contributed by atoms with Gasteiger partial charge in [0.15, 0.2) is 0 Å². The fourth-order valence-corrected chi connectivity index (χ4v) is 7.02. The molecule has 0 radical (unpaired) electrons. The normalized spacial score (nSPS) is 46.4. The highest BCUT2D eigenvalue weighted by atomic mass is 35.5. The number of hydrogen-bond donors (Lipinski definition) is 2. The Morgan fingerprint density at radius 2 is 2.11 bits per heavy atom. The van der Waals surface area contributed by atoms with Crippen molar-refractivity contribution in [2.75, 3.05) is 7.11 Å². The number of halogens is 1. The molecule has 2 N–H and O–H groups in total. The van der Waals surface area contributed by atoms with E-state index in [2.05, 4.69) is 6.92 Å². The number of aliphatic hydroxyl groups excluding tert-OH is 1. The summed E-state index contributed by atoms with van der Waals surface area (Å²) in [6.45, 7) is 6.52. The van der Waals surface area contributed by atoms with Gasteiger partial charge in [0.1, 0.15) is 29.7 Å². The van der Waals surface area contributed by atoms with Crippen molar-refractivity contribution in [1.82, 2.24) is 0 Å². The maximum atomic E-state index is 11.3. The predicted octanol–water partition coefficient (Wildman–Crippen LogP) is 3.30. The molecule has 5 aliphatic rings. The Kier molecular flexibility index (Phi) is 4.00. The lowest BCUT2D eigenvalue weighted by molar-refractivity contribution is -0.312. The van der Waals surface area contributed by atoms with Crippen molar-refractivity contribution in [3.63, 3.8) is 0 Å². The smallest absolute Gasteiger partial charge is 0.132 e. The molecule has 5 nitrogen and oxygen atoms in total. The fourth-order valence-electron chi connectivity index (χ4n) is 6.53. The topological polar surface area (TPSA) is 72.1 Å². The van der Waals surface area contributed by atoms with Crippen LogP contribution in [-0.2, 0) is 22.5 Å². The summed E-state index contributed by atoms with van der Waals surface area (Å²) in [5.74, 6) is 0.881. The third-order valence-electron chi connectivity index (χ3n) is 8.07. The Balaban J connectivity index is 1.62. The number of methoxy groups -OCH3 is 1. The van der Waals surface area contributed by atoms with Crippen LogP contribution in [0, 0.1) is 11.3 Å². The summed E-state index contributed by atoms with van der Waals surface area (Å²) in [5, 5.41) is 21.9. The molecule has 1 saturated carbocycles. The molecule has 7 unspecified atom stereocenters. The number of fused-ring (bicyclic) bond motifs is 1. The largest absolute Gasteiger partial charge is 0.466 e. The molecule has 154 valence electrons. The first-order valence-electron chi connectivity index (χ1n) is 10.2. The van der Waals surface area contributed by atoms with Crippen molar-refractivity contribution in [3.05, 3.63) is 34.8 Å². The van der Waals surface area contributed by atoms with Gasteiger partial charge in [-0.15, -0.1) is 11.6 Å². The fraction of sp³-hybridized carbons (Fsp3) is 0.727. The lowest BCUT2D eigenvalue weighted by Gasteiger charge is -2.70. The molecule has 1 aromatic rings. The zero-order valence-electron chi connectivity index (χ0n) is 16.9. The van der Waals surface area contributed by atoms with Crippen LogP contribution in [0.4, 0.5) is 0 Å². The van der Waals surface area contributed by atoms with E-state index in [4.69, 9.17) is 25.5 Å². The summed E-state index contributed by atoms with van der Waals surface area (Å²) >= 11 is 6.67. The second-order valence-corrected chi connectivity index (χ2v) is 10.1. The Hall–Kier alpha value is -0.850. The van der Waals surface area contributed by atoms with E-state index in [0.29, 0.717) is 13.0 Å². The molecular formula is C22H29ClO5. The molecule has 3 aliphatic carbocycles. The lowest BCUT2D eigenvalue weighted by Crippen LogP contribution is -2.77. The zero-order chi connectivity index (χ0) is 20.1. The zero-order valence-corrected chi connectivity index (χ0v) is 17.6. The van der Waals surface area contributed by atoms with Gasteiger partial charge in [0.2, 0.25) is 0 Å². The second-order valence-electron chi connectivity index (χ2n) is 9.60. The van der Waals surface area contributed by atoms with E-state index in [1.165, 1.54) is 11.1 Å². The van der Waals surface area contributed by atoms with Crippen LogP contribution in [0.2, 0.25) is 0 Å². The second kappa shape index (κ2) is 5.86. The van der Waals surface area contributed by atoms with E-state index >= 15 is 0 Å². The third-order valence-corrected chi connectivity index (χ3v) is 8.55. The minimum atomic E-state index is -1.40. The first kappa shape index (κ1) is 19.1. The average molecular weight is 409 g/mol. The van der Waals surface area contributed by atoms with Gasteiger partial charge in [-0.3, -0.25) is 0 Å². The van der Waals surface area contributed by atoms with Gasteiger partial charge in [0.05, 0.1) is 17.7 Å². The number of hydrogen-bond acceptors (Lipinski definition) is 5. The van der Waals surface area contributed by atoms with E-state index in [1.807, 2.05) is 26.2 Å². The Labute approximate surface area is 170 Å². The molecule has 6 rings (SSSR count). The van der Waals surface area contributed by atoms with Crippen LogP contribution in [0.3, 0.4) is 0 Å². The molecule has 6 heteroatoms. The highest BCUT2D eigenvalue weighted by Crippen LogP contribution is 2.69. The number of aliphatic hydroxyl groups is 2. The monoisotopic (exact) mass is 408 g/mol. The molecule has 2 aliphatic heterocycles. The average Bonchev–Trinajstić information content (AvgIpc) is 3.01. The van der Waals surface area contributed by atoms with Gasteiger partial charge in [-0.05, 0) is 29.9 Å². The molecule has 3 heterocycles. The first-order valence-corrected chi connectivity index (χ1v) is 10.7. The van der Waals surface area contributed by atoms with Gasteiger partial charge in [-0.25, -0.2) is 0 Å². The maximum Gasteiger partial charge on any atom is 0.132 e.